The van der Waals surface area contributed by atoms with E-state index in [9.17, 15) is 9.90 Å². The first-order valence-electron chi connectivity index (χ1n) is 12.4. The smallest absolute Gasteiger partial charge is 0.410 e. The molecular weight excluding hydrogens is 444 g/mol. The highest BCUT2D eigenvalue weighted by Crippen LogP contribution is 2.40. The number of fused-ring (bicyclic) bond motifs is 1. The zero-order valence-electron chi connectivity index (χ0n) is 22.1. The Balaban J connectivity index is 1.84. The summed E-state index contributed by atoms with van der Waals surface area (Å²) < 4.78 is 12.4. The zero-order valence-corrected chi connectivity index (χ0v) is 23.1. The summed E-state index contributed by atoms with van der Waals surface area (Å²) >= 11 is 0. The minimum absolute atomic E-state index is 0.0611. The number of piperidine rings is 1. The first-order chi connectivity index (χ1) is 15.7. The number of amides is 1. The Kier molecular flexibility index (Phi) is 7.80. The predicted octanol–water partition coefficient (Wildman–Crippen LogP) is 6.45. The van der Waals surface area contributed by atoms with Gasteiger partial charge in [-0.05, 0) is 75.2 Å². The Labute approximate surface area is 205 Å². The summed E-state index contributed by atoms with van der Waals surface area (Å²) in [5.41, 5.74) is 0.262. The monoisotopic (exact) mass is 486 g/mol. The van der Waals surface area contributed by atoms with Crippen molar-refractivity contribution >= 4 is 25.2 Å². The molecule has 1 aliphatic rings. The van der Waals surface area contributed by atoms with Crippen molar-refractivity contribution in [1.82, 2.24) is 9.88 Å². The van der Waals surface area contributed by atoms with Gasteiger partial charge < -0.3 is 19.2 Å². The number of hydrogen-bond donors (Lipinski definition) is 1. The number of carbonyl (C=O) groups excluding carboxylic acids is 1. The molecule has 2 aromatic rings. The quantitative estimate of drug-likeness (QED) is 0.492. The Bertz CT molecular complexity index is 991. The van der Waals surface area contributed by atoms with Crippen molar-refractivity contribution < 1.29 is 19.1 Å². The van der Waals surface area contributed by atoms with E-state index in [0.717, 1.165) is 22.8 Å². The van der Waals surface area contributed by atoms with Crippen molar-refractivity contribution in [2.75, 3.05) is 6.54 Å². The Morgan fingerprint density at radius 3 is 2.56 bits per heavy atom. The van der Waals surface area contributed by atoms with Gasteiger partial charge in [0.15, 0.2) is 8.32 Å². The van der Waals surface area contributed by atoms with E-state index in [4.69, 9.17) is 9.16 Å². The number of rotatable bonds is 5. The molecule has 2 heterocycles. The van der Waals surface area contributed by atoms with E-state index in [1.807, 2.05) is 45.0 Å². The Morgan fingerprint density at radius 2 is 1.91 bits per heavy atom. The van der Waals surface area contributed by atoms with Crippen LogP contribution in [0.1, 0.15) is 72.5 Å². The van der Waals surface area contributed by atoms with Gasteiger partial charge >= 0.3 is 6.09 Å². The second-order valence-corrected chi connectivity index (χ2v) is 16.8. The van der Waals surface area contributed by atoms with Crippen LogP contribution in [0.2, 0.25) is 18.1 Å². The fraction of sp³-hybridized carbons (Fsp3) is 0.630. The molecule has 3 rings (SSSR count). The Hall–Kier alpha value is -1.96. The van der Waals surface area contributed by atoms with Crippen LogP contribution >= 0.6 is 0 Å². The lowest BCUT2D eigenvalue weighted by atomic mass is 9.91. The third-order valence-corrected chi connectivity index (χ3v) is 11.7. The number of ether oxygens (including phenoxy) is 1. The average Bonchev–Trinajstić information content (AvgIpc) is 2.71. The van der Waals surface area contributed by atoms with Gasteiger partial charge in [-0.3, -0.25) is 4.98 Å². The lowest BCUT2D eigenvalue weighted by Gasteiger charge is -2.45. The number of nitrogens with zero attached hydrogens (tertiary/aromatic N) is 2. The van der Waals surface area contributed by atoms with E-state index in [0.29, 0.717) is 19.4 Å². The van der Waals surface area contributed by atoms with E-state index in [1.54, 1.807) is 17.3 Å². The van der Waals surface area contributed by atoms with Crippen molar-refractivity contribution in [3.05, 3.63) is 42.2 Å². The summed E-state index contributed by atoms with van der Waals surface area (Å²) in [6, 6.07) is 7.68. The van der Waals surface area contributed by atoms with E-state index in [-0.39, 0.29) is 23.3 Å². The molecule has 3 atom stereocenters. The molecule has 34 heavy (non-hydrogen) atoms. The van der Waals surface area contributed by atoms with Crippen LogP contribution in [0.4, 0.5) is 4.79 Å². The van der Waals surface area contributed by atoms with E-state index in [1.165, 1.54) is 0 Å². The number of benzene rings is 1. The number of aliphatic hydroxyl groups excluding tert-OH is 1. The summed E-state index contributed by atoms with van der Waals surface area (Å²) in [6.45, 7) is 17.4. The third kappa shape index (κ3) is 6.37. The average molecular weight is 487 g/mol. The van der Waals surface area contributed by atoms with Crippen molar-refractivity contribution in [3.8, 4) is 0 Å². The molecule has 1 saturated heterocycles. The first kappa shape index (κ1) is 26.6. The molecule has 1 aromatic heterocycles. The van der Waals surface area contributed by atoms with Crippen LogP contribution in [0.3, 0.4) is 0 Å². The molecule has 0 aliphatic carbocycles. The third-order valence-electron chi connectivity index (χ3n) is 7.13. The SMILES string of the molecule is CC(C)(C)OC(=O)N1CC[C@H](O[Si](C)(C)C(C)(C)C)C[C@@H]1C[C@H](O)c1cccc2ccncc12. The molecule has 1 aliphatic heterocycles. The van der Waals surface area contributed by atoms with Crippen molar-refractivity contribution in [2.24, 2.45) is 0 Å². The summed E-state index contributed by atoms with van der Waals surface area (Å²) in [4.78, 5) is 19.1. The standard InChI is InChI=1S/C27H42N2O4Si/c1-26(2,3)32-25(31)29-15-13-21(33-34(7,8)27(4,5)6)16-20(29)17-24(30)22-11-9-10-19-12-14-28-18-23(19)22/h9-12,14,18,20-21,24,30H,13,15-17H2,1-8H3/t20-,21+,24+/m1/s1. The molecule has 0 saturated carbocycles. The Morgan fingerprint density at radius 1 is 1.21 bits per heavy atom. The molecule has 1 fully saturated rings. The van der Waals surface area contributed by atoms with Crippen LogP contribution in [-0.4, -0.2) is 53.7 Å². The van der Waals surface area contributed by atoms with Gasteiger partial charge in [-0.15, -0.1) is 0 Å². The molecule has 0 bridgehead atoms. The van der Waals surface area contributed by atoms with Crippen LogP contribution in [0.15, 0.2) is 36.7 Å². The summed E-state index contributed by atoms with van der Waals surface area (Å²) in [7, 11) is -1.95. The highest BCUT2D eigenvalue weighted by atomic mass is 28.4. The van der Waals surface area contributed by atoms with E-state index in [2.05, 4.69) is 38.8 Å². The lowest BCUT2D eigenvalue weighted by Crippen LogP contribution is -2.53. The van der Waals surface area contributed by atoms with Crippen LogP contribution in [0.25, 0.3) is 10.8 Å². The van der Waals surface area contributed by atoms with Gasteiger partial charge in [-0.2, -0.15) is 0 Å². The van der Waals surface area contributed by atoms with E-state index < -0.39 is 20.0 Å². The topological polar surface area (TPSA) is 71.9 Å². The van der Waals surface area contributed by atoms with Gasteiger partial charge in [0.05, 0.1) is 6.10 Å². The lowest BCUT2D eigenvalue weighted by molar-refractivity contribution is -0.0152. The van der Waals surface area contributed by atoms with Crippen molar-refractivity contribution in [3.63, 3.8) is 0 Å². The maximum absolute atomic E-state index is 13.1. The second-order valence-electron chi connectivity index (χ2n) is 12.0. The van der Waals surface area contributed by atoms with Crippen LogP contribution in [0, 0.1) is 0 Å². The molecule has 0 radical (unpaired) electrons. The molecule has 0 spiro atoms. The van der Waals surface area contributed by atoms with Gasteiger partial charge in [0.25, 0.3) is 0 Å². The molecule has 1 N–H and O–H groups in total. The fourth-order valence-electron chi connectivity index (χ4n) is 4.31. The van der Waals surface area contributed by atoms with Gasteiger partial charge in [-0.25, -0.2) is 4.79 Å². The number of aromatic nitrogens is 1. The van der Waals surface area contributed by atoms with Crippen LogP contribution in [0.5, 0.6) is 0 Å². The minimum atomic E-state index is -1.95. The maximum atomic E-state index is 13.1. The first-order valence-corrected chi connectivity index (χ1v) is 15.3. The van der Waals surface area contributed by atoms with Crippen molar-refractivity contribution in [2.45, 2.75) is 103 Å². The van der Waals surface area contributed by atoms with Gasteiger partial charge in [0.2, 0.25) is 0 Å². The highest BCUT2D eigenvalue weighted by molar-refractivity contribution is 6.74. The van der Waals surface area contributed by atoms with Crippen LogP contribution in [-0.2, 0) is 9.16 Å². The van der Waals surface area contributed by atoms with E-state index >= 15 is 0 Å². The van der Waals surface area contributed by atoms with Gasteiger partial charge in [0, 0.05) is 36.5 Å². The predicted molar refractivity (Wildman–Crippen MR) is 139 cm³/mol. The normalized spacial score (nSPS) is 20.9. The summed E-state index contributed by atoms with van der Waals surface area (Å²) in [5.74, 6) is 0. The number of aliphatic hydroxyl groups is 1. The molecule has 6 nitrogen and oxygen atoms in total. The number of likely N-dealkylation sites (tertiary alicyclic amines) is 1. The molecule has 1 amide bonds. The largest absolute Gasteiger partial charge is 0.444 e. The van der Waals surface area contributed by atoms with Crippen molar-refractivity contribution in [1.29, 1.82) is 0 Å². The minimum Gasteiger partial charge on any atom is -0.444 e. The number of carbonyl (C=O) groups is 1. The number of pyridine rings is 1. The zero-order chi connectivity index (χ0) is 25.3. The van der Waals surface area contributed by atoms with Gasteiger partial charge in [-0.1, -0.05) is 39.0 Å². The molecule has 7 heteroatoms. The fourth-order valence-corrected chi connectivity index (χ4v) is 5.71. The van der Waals surface area contributed by atoms with Crippen LogP contribution < -0.4 is 0 Å². The van der Waals surface area contributed by atoms with Gasteiger partial charge in [0.1, 0.15) is 5.60 Å². The highest BCUT2D eigenvalue weighted by Gasteiger charge is 2.42. The maximum Gasteiger partial charge on any atom is 0.410 e. The molecule has 188 valence electrons. The number of hydrogen-bond acceptors (Lipinski definition) is 5. The molecular formula is C27H42N2O4Si. The molecule has 1 aromatic carbocycles. The summed E-state index contributed by atoms with van der Waals surface area (Å²) in [5, 5.41) is 13.4. The summed E-state index contributed by atoms with van der Waals surface area (Å²) in [6.07, 6.45) is 4.44. The molecule has 0 unspecified atom stereocenters. The second kappa shape index (κ2) is 9.95.